The number of anilines is 1. The molecule has 3 rings (SSSR count). The van der Waals surface area contributed by atoms with Gasteiger partial charge in [-0.1, -0.05) is 12.1 Å². The molecule has 0 saturated heterocycles. The topological polar surface area (TPSA) is 56.7 Å². The highest BCUT2D eigenvalue weighted by molar-refractivity contribution is 5.91. The molecule has 21 heavy (non-hydrogen) atoms. The van der Waals surface area contributed by atoms with Gasteiger partial charge in [-0.05, 0) is 44.0 Å². The van der Waals surface area contributed by atoms with Gasteiger partial charge in [0.25, 0.3) is 0 Å². The van der Waals surface area contributed by atoms with Crippen LogP contribution in [0.25, 0.3) is 11.0 Å². The SMILES string of the molecule is Cc1c(C)n(C(C)c2ccc(F)cc2)c2ncnc(N)c12. The molecule has 0 aliphatic heterocycles. The van der Waals surface area contributed by atoms with Crippen LogP contribution in [0.2, 0.25) is 0 Å². The van der Waals surface area contributed by atoms with Crippen LogP contribution in [0.3, 0.4) is 0 Å². The average molecular weight is 284 g/mol. The standard InChI is InChI=1S/C16H17FN4/c1-9-10(2)21(16-14(9)15(18)19-8-20-16)11(3)12-4-6-13(17)7-5-12/h4-8,11H,1-3H3,(H2,18,19,20). The van der Waals surface area contributed by atoms with Gasteiger partial charge in [-0.15, -0.1) is 0 Å². The second-order valence-corrected chi connectivity index (χ2v) is 5.27. The zero-order valence-corrected chi connectivity index (χ0v) is 12.3. The van der Waals surface area contributed by atoms with Crippen LogP contribution in [-0.4, -0.2) is 14.5 Å². The van der Waals surface area contributed by atoms with Gasteiger partial charge in [0, 0.05) is 5.69 Å². The maximum Gasteiger partial charge on any atom is 0.146 e. The highest BCUT2D eigenvalue weighted by Crippen LogP contribution is 2.32. The molecule has 4 nitrogen and oxygen atoms in total. The number of nitrogen functional groups attached to an aromatic ring is 1. The van der Waals surface area contributed by atoms with Gasteiger partial charge in [0.15, 0.2) is 0 Å². The third-order valence-electron chi connectivity index (χ3n) is 4.10. The van der Waals surface area contributed by atoms with Crippen LogP contribution in [0.5, 0.6) is 0 Å². The lowest BCUT2D eigenvalue weighted by Crippen LogP contribution is -2.09. The van der Waals surface area contributed by atoms with Gasteiger partial charge in [0.2, 0.25) is 0 Å². The summed E-state index contributed by atoms with van der Waals surface area (Å²) < 4.78 is 15.2. The van der Waals surface area contributed by atoms with Crippen molar-refractivity contribution in [2.75, 3.05) is 5.73 Å². The largest absolute Gasteiger partial charge is 0.383 e. The number of halogens is 1. The van der Waals surface area contributed by atoms with Crippen LogP contribution in [-0.2, 0) is 0 Å². The molecule has 5 heteroatoms. The number of benzene rings is 1. The quantitative estimate of drug-likeness (QED) is 0.785. The molecule has 0 aliphatic carbocycles. The minimum Gasteiger partial charge on any atom is -0.383 e. The molecule has 2 aromatic heterocycles. The highest BCUT2D eigenvalue weighted by Gasteiger charge is 2.19. The van der Waals surface area contributed by atoms with Crippen LogP contribution >= 0.6 is 0 Å². The first-order chi connectivity index (χ1) is 10.0. The smallest absolute Gasteiger partial charge is 0.146 e. The summed E-state index contributed by atoms with van der Waals surface area (Å²) in [6.45, 7) is 6.12. The second kappa shape index (κ2) is 4.84. The fourth-order valence-electron chi connectivity index (χ4n) is 2.82. The van der Waals surface area contributed by atoms with Gasteiger partial charge in [-0.25, -0.2) is 14.4 Å². The van der Waals surface area contributed by atoms with E-state index in [4.69, 9.17) is 5.73 Å². The van der Waals surface area contributed by atoms with Gasteiger partial charge in [0.05, 0.1) is 11.4 Å². The van der Waals surface area contributed by atoms with Crippen molar-refractivity contribution >= 4 is 16.9 Å². The Balaban J connectivity index is 2.23. The van der Waals surface area contributed by atoms with E-state index in [0.29, 0.717) is 5.82 Å². The third kappa shape index (κ3) is 2.05. The predicted molar refractivity (Wildman–Crippen MR) is 81.6 cm³/mol. The van der Waals surface area contributed by atoms with E-state index in [1.54, 1.807) is 12.1 Å². The van der Waals surface area contributed by atoms with Crippen molar-refractivity contribution in [3.63, 3.8) is 0 Å². The molecule has 1 unspecified atom stereocenters. The lowest BCUT2D eigenvalue weighted by Gasteiger charge is -2.17. The molecule has 3 aromatic rings. The van der Waals surface area contributed by atoms with Crippen molar-refractivity contribution in [2.45, 2.75) is 26.8 Å². The molecular weight excluding hydrogens is 267 g/mol. The van der Waals surface area contributed by atoms with Gasteiger partial charge in [-0.3, -0.25) is 0 Å². The molecular formula is C16H17FN4. The van der Waals surface area contributed by atoms with Crippen molar-refractivity contribution in [3.8, 4) is 0 Å². The van der Waals surface area contributed by atoms with Crippen molar-refractivity contribution in [1.29, 1.82) is 0 Å². The maximum atomic E-state index is 13.1. The number of rotatable bonds is 2. The maximum absolute atomic E-state index is 13.1. The normalized spacial score (nSPS) is 12.8. The first kappa shape index (κ1) is 13.5. The highest BCUT2D eigenvalue weighted by atomic mass is 19.1. The zero-order valence-electron chi connectivity index (χ0n) is 12.3. The number of hydrogen-bond donors (Lipinski definition) is 1. The summed E-state index contributed by atoms with van der Waals surface area (Å²) in [6.07, 6.45) is 1.48. The van der Waals surface area contributed by atoms with Crippen LogP contribution < -0.4 is 5.73 Å². The van der Waals surface area contributed by atoms with E-state index in [1.165, 1.54) is 18.5 Å². The molecule has 0 amide bonds. The minimum absolute atomic E-state index is 0.0381. The first-order valence-electron chi connectivity index (χ1n) is 6.83. The van der Waals surface area contributed by atoms with Gasteiger partial charge < -0.3 is 10.3 Å². The van der Waals surface area contributed by atoms with Gasteiger partial charge in [0.1, 0.15) is 23.6 Å². The molecule has 0 spiro atoms. The summed E-state index contributed by atoms with van der Waals surface area (Å²) in [5.74, 6) is 0.258. The molecule has 0 saturated carbocycles. The molecule has 0 fully saturated rings. The van der Waals surface area contributed by atoms with Crippen LogP contribution in [0.1, 0.15) is 29.8 Å². The lowest BCUT2D eigenvalue weighted by molar-refractivity contribution is 0.616. The lowest BCUT2D eigenvalue weighted by atomic mass is 10.1. The van der Waals surface area contributed by atoms with Gasteiger partial charge in [-0.2, -0.15) is 0 Å². The Morgan fingerprint density at radius 1 is 1.14 bits per heavy atom. The summed E-state index contributed by atoms with van der Waals surface area (Å²) in [4.78, 5) is 8.46. The van der Waals surface area contributed by atoms with Crippen molar-refractivity contribution in [3.05, 3.63) is 53.2 Å². The van der Waals surface area contributed by atoms with Crippen molar-refractivity contribution in [1.82, 2.24) is 14.5 Å². The van der Waals surface area contributed by atoms with Crippen molar-refractivity contribution < 1.29 is 4.39 Å². The second-order valence-electron chi connectivity index (χ2n) is 5.27. The van der Waals surface area contributed by atoms with E-state index in [-0.39, 0.29) is 11.9 Å². The Bertz CT molecular complexity index is 805. The number of hydrogen-bond acceptors (Lipinski definition) is 3. The molecule has 1 aromatic carbocycles. The monoisotopic (exact) mass is 284 g/mol. The summed E-state index contributed by atoms with van der Waals surface area (Å²) in [5.41, 5.74) is 9.99. The summed E-state index contributed by atoms with van der Waals surface area (Å²) >= 11 is 0. The molecule has 1 atom stereocenters. The minimum atomic E-state index is -0.234. The Labute approximate surface area is 122 Å². The van der Waals surface area contributed by atoms with Crippen molar-refractivity contribution in [2.24, 2.45) is 0 Å². The van der Waals surface area contributed by atoms with Crippen LogP contribution in [0, 0.1) is 19.7 Å². The third-order valence-corrected chi connectivity index (χ3v) is 4.10. The fraction of sp³-hybridized carbons (Fsp3) is 0.250. The van der Waals surface area contributed by atoms with E-state index in [0.717, 1.165) is 27.9 Å². The molecule has 2 heterocycles. The summed E-state index contributed by atoms with van der Waals surface area (Å²) in [5, 5.41) is 0.893. The molecule has 0 radical (unpaired) electrons. The zero-order chi connectivity index (χ0) is 15.1. The number of aryl methyl sites for hydroxylation is 1. The fourth-order valence-corrected chi connectivity index (χ4v) is 2.82. The Kier molecular flexibility index (Phi) is 3.12. The van der Waals surface area contributed by atoms with E-state index < -0.39 is 0 Å². The Morgan fingerprint density at radius 3 is 2.48 bits per heavy atom. The molecule has 108 valence electrons. The predicted octanol–water partition coefficient (Wildman–Crippen LogP) is 3.38. The van der Waals surface area contributed by atoms with E-state index in [2.05, 4.69) is 21.5 Å². The molecule has 0 bridgehead atoms. The molecule has 2 N–H and O–H groups in total. The van der Waals surface area contributed by atoms with Crippen LogP contribution in [0.15, 0.2) is 30.6 Å². The van der Waals surface area contributed by atoms with Crippen LogP contribution in [0.4, 0.5) is 10.2 Å². The summed E-state index contributed by atoms with van der Waals surface area (Å²) in [7, 11) is 0. The average Bonchev–Trinajstić information content (AvgIpc) is 2.72. The van der Waals surface area contributed by atoms with E-state index >= 15 is 0 Å². The number of nitrogens with zero attached hydrogens (tertiary/aromatic N) is 3. The van der Waals surface area contributed by atoms with E-state index in [9.17, 15) is 4.39 Å². The number of aromatic nitrogens is 3. The first-order valence-corrected chi connectivity index (χ1v) is 6.83. The Morgan fingerprint density at radius 2 is 1.81 bits per heavy atom. The number of nitrogens with two attached hydrogens (primary N) is 1. The summed E-state index contributed by atoms with van der Waals surface area (Å²) in [6, 6.07) is 6.58. The number of fused-ring (bicyclic) bond motifs is 1. The Hall–Kier alpha value is -2.43. The molecule has 0 aliphatic rings. The van der Waals surface area contributed by atoms with E-state index in [1.807, 2.05) is 13.8 Å². The van der Waals surface area contributed by atoms with Gasteiger partial charge >= 0.3 is 0 Å².